The normalized spacial score (nSPS) is 20.3. The Balaban J connectivity index is 1.60. The third-order valence-electron chi connectivity index (χ3n) is 4.34. The second kappa shape index (κ2) is 6.17. The maximum atomic E-state index is 12.6. The first-order valence-electron chi connectivity index (χ1n) is 7.99. The summed E-state index contributed by atoms with van der Waals surface area (Å²) in [5.74, 6) is 1.03. The number of benzene rings is 1. The number of carbonyl (C=O) groups is 1. The van der Waals surface area contributed by atoms with Gasteiger partial charge in [0.1, 0.15) is 5.82 Å². The van der Waals surface area contributed by atoms with Gasteiger partial charge in [0, 0.05) is 11.6 Å². The zero-order chi connectivity index (χ0) is 18.5. The number of fused-ring (bicyclic) bond motifs is 1. The van der Waals surface area contributed by atoms with Gasteiger partial charge in [0.15, 0.2) is 21.3 Å². The van der Waals surface area contributed by atoms with E-state index in [9.17, 15) is 13.2 Å². The van der Waals surface area contributed by atoms with Crippen molar-refractivity contribution in [1.82, 2.24) is 9.78 Å². The summed E-state index contributed by atoms with van der Waals surface area (Å²) < 4.78 is 35.6. The number of anilines is 1. The molecule has 0 saturated carbocycles. The van der Waals surface area contributed by atoms with Gasteiger partial charge in [-0.2, -0.15) is 5.10 Å². The largest absolute Gasteiger partial charge is 0.454 e. The van der Waals surface area contributed by atoms with E-state index in [-0.39, 0.29) is 29.4 Å². The minimum Gasteiger partial charge on any atom is -0.454 e. The summed E-state index contributed by atoms with van der Waals surface area (Å²) in [6.45, 7) is 1.84. The zero-order valence-electron chi connectivity index (χ0n) is 13.9. The van der Waals surface area contributed by atoms with E-state index in [1.165, 1.54) is 6.07 Å². The lowest BCUT2D eigenvalue weighted by molar-refractivity contribution is 0.102. The number of aryl methyl sites for hydroxylation is 1. The molecule has 0 bridgehead atoms. The van der Waals surface area contributed by atoms with Crippen LogP contribution in [0.1, 0.15) is 28.5 Å². The van der Waals surface area contributed by atoms with E-state index in [4.69, 9.17) is 21.1 Å². The second-order valence-corrected chi connectivity index (χ2v) is 8.95. The van der Waals surface area contributed by atoms with Gasteiger partial charge in [-0.15, -0.1) is 0 Å². The number of rotatable bonds is 3. The van der Waals surface area contributed by atoms with Gasteiger partial charge in [-0.3, -0.25) is 4.79 Å². The van der Waals surface area contributed by atoms with Gasteiger partial charge in [0.25, 0.3) is 5.91 Å². The smallest absolute Gasteiger partial charge is 0.257 e. The Morgan fingerprint density at radius 3 is 2.88 bits per heavy atom. The van der Waals surface area contributed by atoms with E-state index in [0.29, 0.717) is 35.0 Å². The minimum absolute atomic E-state index is 0.0207. The molecular formula is C16H16ClN3O5S. The summed E-state index contributed by atoms with van der Waals surface area (Å²) in [5, 5.41) is 7.42. The van der Waals surface area contributed by atoms with Gasteiger partial charge in [-0.05, 0) is 25.5 Å². The number of sulfone groups is 1. The number of halogens is 1. The molecule has 0 radical (unpaired) electrons. The molecule has 138 valence electrons. The number of carbonyl (C=O) groups excluding carboxylic acids is 1. The number of nitrogens with zero attached hydrogens (tertiary/aromatic N) is 2. The fraction of sp³-hybridized carbons (Fsp3) is 0.375. The first kappa shape index (κ1) is 17.2. The van der Waals surface area contributed by atoms with Crippen molar-refractivity contribution in [2.75, 3.05) is 23.6 Å². The van der Waals surface area contributed by atoms with Crippen molar-refractivity contribution in [2.24, 2.45) is 0 Å². The SMILES string of the molecule is Cc1cc(NC(=O)c2cc(Cl)c3c(c2)OCO3)n([C@H]2CCS(=O)(=O)C2)n1. The Bertz CT molecular complexity index is 1000. The van der Waals surface area contributed by atoms with Crippen molar-refractivity contribution in [3.05, 3.63) is 34.5 Å². The van der Waals surface area contributed by atoms with Gasteiger partial charge in [-0.1, -0.05) is 11.6 Å². The molecule has 1 amide bonds. The fourth-order valence-corrected chi connectivity index (χ4v) is 5.10. The predicted octanol–water partition coefficient (Wildman–Crippen LogP) is 2.19. The maximum absolute atomic E-state index is 12.6. The van der Waals surface area contributed by atoms with Gasteiger partial charge in [0.05, 0.1) is 28.3 Å². The predicted molar refractivity (Wildman–Crippen MR) is 94.8 cm³/mol. The maximum Gasteiger partial charge on any atom is 0.257 e. The first-order valence-corrected chi connectivity index (χ1v) is 10.2. The van der Waals surface area contributed by atoms with Crippen molar-refractivity contribution in [3.8, 4) is 11.5 Å². The molecule has 1 aromatic carbocycles. The molecule has 0 spiro atoms. The molecule has 1 N–H and O–H groups in total. The quantitative estimate of drug-likeness (QED) is 0.852. The van der Waals surface area contributed by atoms with Gasteiger partial charge < -0.3 is 14.8 Å². The van der Waals surface area contributed by atoms with Crippen LogP contribution in [0.2, 0.25) is 5.02 Å². The fourth-order valence-electron chi connectivity index (χ4n) is 3.14. The summed E-state index contributed by atoms with van der Waals surface area (Å²) in [4.78, 5) is 12.6. The molecule has 2 aliphatic rings. The van der Waals surface area contributed by atoms with Crippen molar-refractivity contribution in [3.63, 3.8) is 0 Å². The van der Waals surface area contributed by atoms with Crippen LogP contribution >= 0.6 is 11.6 Å². The lowest BCUT2D eigenvalue weighted by atomic mass is 10.2. The molecule has 1 saturated heterocycles. The second-order valence-electron chi connectivity index (χ2n) is 6.32. The van der Waals surface area contributed by atoms with Crippen LogP contribution in [0.15, 0.2) is 18.2 Å². The molecule has 10 heteroatoms. The Morgan fingerprint density at radius 1 is 1.35 bits per heavy atom. The minimum atomic E-state index is -3.07. The molecule has 0 aliphatic carbocycles. The highest BCUT2D eigenvalue weighted by molar-refractivity contribution is 7.91. The summed E-state index contributed by atoms with van der Waals surface area (Å²) in [5.41, 5.74) is 0.997. The Kier molecular flexibility index (Phi) is 4.07. The first-order chi connectivity index (χ1) is 12.3. The van der Waals surface area contributed by atoms with E-state index in [1.807, 2.05) is 0 Å². The van der Waals surface area contributed by atoms with E-state index in [0.717, 1.165) is 0 Å². The van der Waals surface area contributed by atoms with Crippen LogP contribution in [0.3, 0.4) is 0 Å². The monoisotopic (exact) mass is 397 g/mol. The number of amides is 1. The van der Waals surface area contributed by atoms with Crippen LogP contribution in [0.25, 0.3) is 0 Å². The van der Waals surface area contributed by atoms with Crippen LogP contribution < -0.4 is 14.8 Å². The van der Waals surface area contributed by atoms with Crippen LogP contribution in [0.4, 0.5) is 5.82 Å². The van der Waals surface area contributed by atoms with Gasteiger partial charge in [-0.25, -0.2) is 13.1 Å². The van der Waals surface area contributed by atoms with Crippen LogP contribution in [0.5, 0.6) is 11.5 Å². The molecule has 8 nitrogen and oxygen atoms in total. The summed E-state index contributed by atoms with van der Waals surface area (Å²) in [7, 11) is -3.07. The lowest BCUT2D eigenvalue weighted by Crippen LogP contribution is -2.19. The average molecular weight is 398 g/mol. The molecular weight excluding hydrogens is 382 g/mol. The highest BCUT2D eigenvalue weighted by Gasteiger charge is 2.31. The molecule has 2 aromatic rings. The summed E-state index contributed by atoms with van der Waals surface area (Å²) in [6, 6.07) is 4.47. The molecule has 4 rings (SSSR count). The van der Waals surface area contributed by atoms with Crippen LogP contribution in [-0.2, 0) is 9.84 Å². The van der Waals surface area contributed by atoms with Crippen molar-refractivity contribution < 1.29 is 22.7 Å². The Morgan fingerprint density at radius 2 is 2.15 bits per heavy atom. The van der Waals surface area contributed by atoms with Gasteiger partial charge >= 0.3 is 0 Å². The van der Waals surface area contributed by atoms with E-state index >= 15 is 0 Å². The topological polar surface area (TPSA) is 99.5 Å². The van der Waals surface area contributed by atoms with E-state index in [1.54, 1.807) is 23.7 Å². The van der Waals surface area contributed by atoms with E-state index < -0.39 is 15.7 Å². The number of hydrogen-bond donors (Lipinski definition) is 1. The number of hydrogen-bond acceptors (Lipinski definition) is 6. The Hall–Kier alpha value is -2.26. The van der Waals surface area contributed by atoms with Crippen LogP contribution in [0, 0.1) is 6.92 Å². The van der Waals surface area contributed by atoms with E-state index in [2.05, 4.69) is 10.4 Å². The third-order valence-corrected chi connectivity index (χ3v) is 6.37. The Labute approximate surface area is 155 Å². The molecule has 1 aromatic heterocycles. The van der Waals surface area contributed by atoms with Crippen molar-refractivity contribution in [2.45, 2.75) is 19.4 Å². The highest BCUT2D eigenvalue weighted by Crippen LogP contribution is 2.40. The molecule has 0 unspecified atom stereocenters. The van der Waals surface area contributed by atoms with Crippen molar-refractivity contribution in [1.29, 1.82) is 0 Å². The molecule has 26 heavy (non-hydrogen) atoms. The average Bonchev–Trinajstić information content (AvgIpc) is 3.26. The molecule has 2 aliphatic heterocycles. The number of nitrogens with one attached hydrogen (secondary N) is 1. The zero-order valence-corrected chi connectivity index (χ0v) is 15.4. The molecule has 1 atom stereocenters. The summed E-state index contributed by atoms with van der Waals surface area (Å²) in [6.07, 6.45) is 0.474. The van der Waals surface area contributed by atoms with Gasteiger partial charge in [0.2, 0.25) is 6.79 Å². The summed E-state index contributed by atoms with van der Waals surface area (Å²) >= 11 is 6.12. The number of aromatic nitrogens is 2. The molecule has 1 fully saturated rings. The number of ether oxygens (including phenoxy) is 2. The highest BCUT2D eigenvalue weighted by atomic mass is 35.5. The third kappa shape index (κ3) is 3.12. The standard InChI is InChI=1S/C16H16ClN3O5S/c1-9-4-14(20(19-9)11-2-3-26(22,23)7-11)18-16(21)10-5-12(17)15-13(6-10)24-8-25-15/h4-6,11H,2-3,7-8H2,1H3,(H,18,21)/t11-/m0/s1. The molecule has 3 heterocycles. The lowest BCUT2D eigenvalue weighted by Gasteiger charge is -2.14. The van der Waals surface area contributed by atoms with Crippen molar-refractivity contribution >= 4 is 33.2 Å². The van der Waals surface area contributed by atoms with Crippen LogP contribution in [-0.4, -0.2) is 42.4 Å².